The minimum Gasteiger partial charge on any atom is -0.349 e. The molecule has 2 aliphatic rings. The minimum absolute atomic E-state index is 0.0700. The summed E-state index contributed by atoms with van der Waals surface area (Å²) in [6.07, 6.45) is 4.83. The summed E-state index contributed by atoms with van der Waals surface area (Å²) in [5.41, 5.74) is 4.60. The average Bonchev–Trinajstić information content (AvgIpc) is 3.23. The van der Waals surface area contributed by atoms with Crippen molar-refractivity contribution in [3.8, 4) is 0 Å². The quantitative estimate of drug-likeness (QED) is 0.700. The van der Waals surface area contributed by atoms with Crippen LogP contribution in [-0.4, -0.2) is 31.7 Å². The van der Waals surface area contributed by atoms with Crippen molar-refractivity contribution in [2.45, 2.75) is 50.8 Å². The van der Waals surface area contributed by atoms with Crippen LogP contribution in [0.15, 0.2) is 42.5 Å². The molecule has 4 rings (SSSR count). The van der Waals surface area contributed by atoms with E-state index in [1.54, 1.807) is 24.3 Å². The Morgan fingerprint density at radius 2 is 1.87 bits per heavy atom. The third-order valence-electron chi connectivity index (χ3n) is 6.39. The fourth-order valence-electron chi connectivity index (χ4n) is 4.57. The molecule has 2 aromatic carbocycles. The third kappa shape index (κ3) is 5.30. The lowest BCUT2D eigenvalue weighted by molar-refractivity contribution is -0.126. The van der Waals surface area contributed by atoms with Gasteiger partial charge in [-0.2, -0.15) is 0 Å². The molecular formula is C24H29ClN2O3S. The van der Waals surface area contributed by atoms with Crippen molar-refractivity contribution in [2.75, 3.05) is 13.1 Å². The van der Waals surface area contributed by atoms with Crippen molar-refractivity contribution in [3.05, 3.63) is 69.7 Å². The highest BCUT2D eigenvalue weighted by Crippen LogP contribution is 2.27. The van der Waals surface area contributed by atoms with Crippen LogP contribution in [0.25, 0.3) is 0 Å². The number of aryl methyl sites for hydroxylation is 2. The topological polar surface area (TPSA) is 66.5 Å². The van der Waals surface area contributed by atoms with Gasteiger partial charge >= 0.3 is 0 Å². The zero-order valence-corrected chi connectivity index (χ0v) is 19.4. The number of piperidine rings is 1. The van der Waals surface area contributed by atoms with E-state index in [9.17, 15) is 13.2 Å². The molecule has 1 amide bonds. The number of benzene rings is 2. The molecule has 1 N–H and O–H groups in total. The molecule has 166 valence electrons. The first-order chi connectivity index (χ1) is 14.8. The van der Waals surface area contributed by atoms with Gasteiger partial charge in [0.1, 0.15) is 0 Å². The summed E-state index contributed by atoms with van der Waals surface area (Å²) in [6.45, 7) is 2.69. The van der Waals surface area contributed by atoms with Crippen molar-refractivity contribution < 1.29 is 13.2 Å². The molecule has 2 aromatic rings. The predicted molar refractivity (Wildman–Crippen MR) is 123 cm³/mol. The van der Waals surface area contributed by atoms with Crippen molar-refractivity contribution in [2.24, 2.45) is 5.92 Å². The number of carbonyl (C=O) groups is 1. The van der Waals surface area contributed by atoms with Crippen molar-refractivity contribution >= 4 is 27.5 Å². The van der Waals surface area contributed by atoms with Crippen LogP contribution in [0.5, 0.6) is 0 Å². The van der Waals surface area contributed by atoms with E-state index in [1.165, 1.54) is 21.9 Å². The molecule has 2 atom stereocenters. The first kappa shape index (κ1) is 22.3. The van der Waals surface area contributed by atoms with Crippen LogP contribution in [0.2, 0.25) is 5.02 Å². The van der Waals surface area contributed by atoms with Crippen molar-refractivity contribution in [1.29, 1.82) is 0 Å². The van der Waals surface area contributed by atoms with E-state index in [0.29, 0.717) is 30.0 Å². The van der Waals surface area contributed by atoms with Gasteiger partial charge in [0.05, 0.1) is 17.7 Å². The molecule has 1 aliphatic heterocycles. The molecule has 0 radical (unpaired) electrons. The summed E-state index contributed by atoms with van der Waals surface area (Å²) in [4.78, 5) is 12.9. The van der Waals surface area contributed by atoms with E-state index in [2.05, 4.69) is 23.5 Å². The second-order valence-corrected chi connectivity index (χ2v) is 11.1. The maximum Gasteiger partial charge on any atom is 0.224 e. The molecule has 1 heterocycles. The molecule has 0 bridgehead atoms. The van der Waals surface area contributed by atoms with Gasteiger partial charge in [-0.15, -0.1) is 0 Å². The van der Waals surface area contributed by atoms with Gasteiger partial charge in [-0.25, -0.2) is 12.7 Å². The lowest BCUT2D eigenvalue weighted by Crippen LogP contribution is -2.46. The lowest BCUT2D eigenvalue weighted by atomic mass is 9.97. The molecule has 7 heteroatoms. The Morgan fingerprint density at radius 3 is 2.65 bits per heavy atom. The summed E-state index contributed by atoms with van der Waals surface area (Å²) in [6, 6.07) is 13.2. The summed E-state index contributed by atoms with van der Waals surface area (Å²) in [5, 5.41) is 3.69. The SMILES string of the molecule is C[C@H](NC(=O)[C@@H]1CCCN(S(=O)(=O)Cc2ccc(Cl)cc2)C1)c1ccc2c(c1)CCC2. The van der Waals surface area contributed by atoms with E-state index in [0.717, 1.165) is 18.4 Å². The van der Waals surface area contributed by atoms with Gasteiger partial charge in [-0.05, 0) is 73.4 Å². The van der Waals surface area contributed by atoms with Gasteiger partial charge in [0.25, 0.3) is 0 Å². The second kappa shape index (κ2) is 9.31. The Labute approximate surface area is 189 Å². The Kier molecular flexibility index (Phi) is 6.70. The molecule has 0 spiro atoms. The highest BCUT2D eigenvalue weighted by Gasteiger charge is 2.33. The number of rotatable bonds is 6. The first-order valence-corrected chi connectivity index (χ1v) is 12.9. The minimum atomic E-state index is -3.49. The zero-order chi connectivity index (χ0) is 22.0. The number of hydrogen-bond donors (Lipinski definition) is 1. The number of hydrogen-bond acceptors (Lipinski definition) is 3. The molecule has 31 heavy (non-hydrogen) atoms. The summed E-state index contributed by atoms with van der Waals surface area (Å²) in [5.74, 6) is -0.477. The standard InChI is InChI=1S/C24H29ClN2O3S/c1-17(20-10-9-19-4-2-5-21(19)14-20)26-24(28)22-6-3-13-27(15-22)31(29,30)16-18-7-11-23(25)12-8-18/h7-12,14,17,22H,2-6,13,15-16H2,1H3,(H,26,28)/t17-,22+/m0/s1. The van der Waals surface area contributed by atoms with Gasteiger partial charge in [0.2, 0.25) is 15.9 Å². The van der Waals surface area contributed by atoms with Gasteiger partial charge in [-0.1, -0.05) is 41.9 Å². The van der Waals surface area contributed by atoms with Crippen LogP contribution in [0, 0.1) is 5.92 Å². The van der Waals surface area contributed by atoms with E-state index in [-0.39, 0.29) is 30.2 Å². The van der Waals surface area contributed by atoms with Gasteiger partial charge in [-0.3, -0.25) is 4.79 Å². The maximum atomic E-state index is 12.9. The smallest absolute Gasteiger partial charge is 0.224 e. The van der Waals surface area contributed by atoms with Crippen LogP contribution in [0.3, 0.4) is 0 Å². The van der Waals surface area contributed by atoms with Crippen LogP contribution < -0.4 is 5.32 Å². The molecule has 1 fully saturated rings. The van der Waals surface area contributed by atoms with Gasteiger partial charge in [0.15, 0.2) is 0 Å². The number of amides is 1. The number of nitrogens with zero attached hydrogens (tertiary/aromatic N) is 1. The number of nitrogens with one attached hydrogen (secondary N) is 1. The number of sulfonamides is 1. The Bertz CT molecular complexity index is 1050. The average molecular weight is 461 g/mol. The fourth-order valence-corrected chi connectivity index (χ4v) is 6.30. The predicted octanol–water partition coefficient (Wildman–Crippen LogP) is 4.25. The molecule has 0 aromatic heterocycles. The highest BCUT2D eigenvalue weighted by molar-refractivity contribution is 7.88. The Morgan fingerprint density at radius 1 is 1.13 bits per heavy atom. The summed E-state index contributed by atoms with van der Waals surface area (Å²) >= 11 is 5.89. The normalized spacial score (nSPS) is 20.3. The van der Waals surface area contributed by atoms with Crippen molar-refractivity contribution in [1.82, 2.24) is 9.62 Å². The molecule has 1 aliphatic carbocycles. The third-order valence-corrected chi connectivity index (χ3v) is 8.46. The fraction of sp³-hybridized carbons (Fsp3) is 0.458. The largest absolute Gasteiger partial charge is 0.349 e. The Balaban J connectivity index is 1.38. The number of fused-ring (bicyclic) bond motifs is 1. The maximum absolute atomic E-state index is 12.9. The highest BCUT2D eigenvalue weighted by atomic mass is 35.5. The lowest BCUT2D eigenvalue weighted by Gasteiger charge is -2.32. The van der Waals surface area contributed by atoms with E-state index in [4.69, 9.17) is 11.6 Å². The molecule has 5 nitrogen and oxygen atoms in total. The Hall–Kier alpha value is -1.89. The van der Waals surface area contributed by atoms with E-state index < -0.39 is 10.0 Å². The molecular weight excluding hydrogens is 432 g/mol. The van der Waals surface area contributed by atoms with Crippen LogP contribution in [0.1, 0.15) is 54.5 Å². The van der Waals surface area contributed by atoms with E-state index in [1.807, 2.05) is 6.92 Å². The molecule has 0 unspecified atom stereocenters. The second-order valence-electron chi connectivity index (χ2n) is 8.69. The molecule has 0 saturated carbocycles. The number of carbonyl (C=O) groups excluding carboxylic acids is 1. The first-order valence-electron chi connectivity index (χ1n) is 11.0. The zero-order valence-electron chi connectivity index (χ0n) is 17.8. The van der Waals surface area contributed by atoms with Crippen LogP contribution in [-0.2, 0) is 33.4 Å². The number of halogens is 1. The summed E-state index contributed by atoms with van der Waals surface area (Å²) < 4.78 is 27.3. The van der Waals surface area contributed by atoms with Crippen molar-refractivity contribution in [3.63, 3.8) is 0 Å². The monoisotopic (exact) mass is 460 g/mol. The van der Waals surface area contributed by atoms with E-state index >= 15 is 0 Å². The summed E-state index contributed by atoms with van der Waals surface area (Å²) in [7, 11) is -3.49. The van der Waals surface area contributed by atoms with Crippen LogP contribution >= 0.6 is 11.6 Å². The van der Waals surface area contributed by atoms with Gasteiger partial charge in [0, 0.05) is 18.1 Å². The van der Waals surface area contributed by atoms with Crippen LogP contribution in [0.4, 0.5) is 0 Å². The molecule has 1 saturated heterocycles. The van der Waals surface area contributed by atoms with Gasteiger partial charge < -0.3 is 5.32 Å².